The van der Waals surface area contributed by atoms with E-state index in [1.165, 1.54) is 4.88 Å². The standard InChI is InChI=1S/C12H15NO4S2/c14-11(8-18-7-9-2-1-5-19-9)13-3-4-17-10(6-13)12(15)16/h1-2,5,10H,3-4,6-8H2,(H,15,16). The first kappa shape index (κ1) is 14.4. The Bertz CT molecular complexity index is 435. The molecule has 1 aromatic rings. The van der Waals surface area contributed by atoms with E-state index in [0.717, 1.165) is 5.75 Å². The monoisotopic (exact) mass is 301 g/mol. The summed E-state index contributed by atoms with van der Waals surface area (Å²) in [5.41, 5.74) is 0. The van der Waals surface area contributed by atoms with E-state index in [9.17, 15) is 9.59 Å². The van der Waals surface area contributed by atoms with Crippen molar-refractivity contribution in [3.63, 3.8) is 0 Å². The molecule has 1 unspecified atom stereocenters. The number of thiophene rings is 1. The Hall–Kier alpha value is -1.05. The van der Waals surface area contributed by atoms with E-state index in [1.54, 1.807) is 28.0 Å². The molecule has 1 aliphatic rings. The fourth-order valence-corrected chi connectivity index (χ4v) is 3.52. The van der Waals surface area contributed by atoms with Crippen molar-refractivity contribution in [3.05, 3.63) is 22.4 Å². The van der Waals surface area contributed by atoms with Crippen LogP contribution in [-0.4, -0.2) is 53.4 Å². The first-order chi connectivity index (χ1) is 9.16. The zero-order valence-electron chi connectivity index (χ0n) is 10.3. The quantitative estimate of drug-likeness (QED) is 0.888. The first-order valence-electron chi connectivity index (χ1n) is 5.89. The average molecular weight is 301 g/mol. The van der Waals surface area contributed by atoms with Gasteiger partial charge in [0.25, 0.3) is 0 Å². The molecule has 104 valence electrons. The summed E-state index contributed by atoms with van der Waals surface area (Å²) < 4.78 is 5.08. The molecule has 1 saturated heterocycles. The highest BCUT2D eigenvalue weighted by molar-refractivity contribution is 7.99. The minimum absolute atomic E-state index is 0.0175. The molecular formula is C12H15NO4S2. The number of hydrogen-bond donors (Lipinski definition) is 1. The molecule has 0 spiro atoms. The summed E-state index contributed by atoms with van der Waals surface area (Å²) in [5.74, 6) is 0.167. The largest absolute Gasteiger partial charge is 0.479 e. The van der Waals surface area contributed by atoms with Gasteiger partial charge in [0.2, 0.25) is 5.91 Å². The van der Waals surface area contributed by atoms with E-state index in [4.69, 9.17) is 9.84 Å². The fourth-order valence-electron chi connectivity index (χ4n) is 1.75. The van der Waals surface area contributed by atoms with Gasteiger partial charge in [0.15, 0.2) is 6.10 Å². The Kier molecular flexibility index (Phi) is 5.24. The Morgan fingerprint density at radius 1 is 1.58 bits per heavy atom. The molecule has 19 heavy (non-hydrogen) atoms. The van der Waals surface area contributed by atoms with Crippen molar-refractivity contribution in [3.8, 4) is 0 Å². The zero-order chi connectivity index (χ0) is 13.7. The number of ether oxygens (including phenoxy) is 1. The van der Waals surface area contributed by atoms with Gasteiger partial charge in [-0.05, 0) is 11.4 Å². The third kappa shape index (κ3) is 4.22. The van der Waals surface area contributed by atoms with Gasteiger partial charge >= 0.3 is 5.97 Å². The molecule has 1 aromatic heterocycles. The van der Waals surface area contributed by atoms with Crippen LogP contribution in [-0.2, 0) is 20.1 Å². The molecule has 0 bridgehead atoms. The predicted octanol–water partition coefficient (Wildman–Crippen LogP) is 1.29. The van der Waals surface area contributed by atoms with Crippen LogP contribution in [0.1, 0.15) is 4.88 Å². The number of thioether (sulfide) groups is 1. The average Bonchev–Trinajstić information content (AvgIpc) is 2.92. The summed E-state index contributed by atoms with van der Waals surface area (Å²) in [6.07, 6.45) is -0.889. The highest BCUT2D eigenvalue weighted by Crippen LogP contribution is 2.18. The van der Waals surface area contributed by atoms with Crippen molar-refractivity contribution < 1.29 is 19.4 Å². The van der Waals surface area contributed by atoms with Gasteiger partial charge in [0.1, 0.15) is 0 Å². The lowest BCUT2D eigenvalue weighted by atomic mass is 10.3. The number of rotatable bonds is 5. The normalized spacial score (nSPS) is 19.4. The zero-order valence-corrected chi connectivity index (χ0v) is 11.9. The van der Waals surface area contributed by atoms with Crippen LogP contribution >= 0.6 is 23.1 Å². The van der Waals surface area contributed by atoms with Gasteiger partial charge in [-0.25, -0.2) is 4.79 Å². The molecule has 1 aliphatic heterocycles. The Morgan fingerprint density at radius 3 is 3.11 bits per heavy atom. The van der Waals surface area contributed by atoms with Crippen molar-refractivity contribution in [2.24, 2.45) is 0 Å². The number of morpholine rings is 1. The Morgan fingerprint density at radius 2 is 2.42 bits per heavy atom. The van der Waals surface area contributed by atoms with E-state index >= 15 is 0 Å². The van der Waals surface area contributed by atoms with Crippen molar-refractivity contribution >= 4 is 35.0 Å². The van der Waals surface area contributed by atoms with E-state index < -0.39 is 12.1 Å². The SMILES string of the molecule is O=C(O)C1CN(C(=O)CSCc2cccs2)CCO1. The second-order valence-corrected chi connectivity index (χ2v) is 6.13. The third-order valence-electron chi connectivity index (χ3n) is 2.74. The van der Waals surface area contributed by atoms with Gasteiger partial charge < -0.3 is 14.7 Å². The highest BCUT2D eigenvalue weighted by atomic mass is 32.2. The molecule has 0 aromatic carbocycles. The van der Waals surface area contributed by atoms with Gasteiger partial charge in [0.05, 0.1) is 18.9 Å². The summed E-state index contributed by atoms with van der Waals surface area (Å²) in [6, 6.07) is 4.03. The van der Waals surface area contributed by atoms with Crippen LogP contribution < -0.4 is 0 Å². The molecule has 1 amide bonds. The summed E-state index contributed by atoms with van der Waals surface area (Å²) >= 11 is 3.22. The van der Waals surface area contributed by atoms with Crippen LogP contribution in [0.25, 0.3) is 0 Å². The van der Waals surface area contributed by atoms with Crippen LogP contribution in [0, 0.1) is 0 Å². The fraction of sp³-hybridized carbons (Fsp3) is 0.500. The highest BCUT2D eigenvalue weighted by Gasteiger charge is 2.28. The second-order valence-electron chi connectivity index (χ2n) is 4.11. The summed E-state index contributed by atoms with van der Waals surface area (Å²) in [4.78, 5) is 25.6. The van der Waals surface area contributed by atoms with E-state index in [1.807, 2.05) is 17.5 Å². The summed E-state index contributed by atoms with van der Waals surface area (Å²) in [5, 5.41) is 10.9. The molecule has 5 nitrogen and oxygen atoms in total. The van der Waals surface area contributed by atoms with Gasteiger partial charge in [-0.3, -0.25) is 4.79 Å². The molecule has 7 heteroatoms. The van der Waals surface area contributed by atoms with Crippen LogP contribution in [0.3, 0.4) is 0 Å². The Labute approximate surface area is 119 Å². The summed E-state index contributed by atoms with van der Waals surface area (Å²) in [7, 11) is 0. The molecule has 1 N–H and O–H groups in total. The number of carboxylic acids is 1. The topological polar surface area (TPSA) is 66.8 Å². The molecular weight excluding hydrogens is 286 g/mol. The number of hydrogen-bond acceptors (Lipinski definition) is 5. The smallest absolute Gasteiger partial charge is 0.334 e. The maximum absolute atomic E-state index is 12.0. The first-order valence-corrected chi connectivity index (χ1v) is 7.92. The van der Waals surface area contributed by atoms with Crippen molar-refractivity contribution in [1.82, 2.24) is 4.90 Å². The molecule has 1 atom stereocenters. The van der Waals surface area contributed by atoms with Crippen molar-refractivity contribution in [2.75, 3.05) is 25.4 Å². The van der Waals surface area contributed by atoms with Crippen LogP contribution in [0.4, 0.5) is 0 Å². The summed E-state index contributed by atoms with van der Waals surface area (Å²) in [6.45, 7) is 0.911. The van der Waals surface area contributed by atoms with Gasteiger partial charge in [-0.15, -0.1) is 23.1 Å². The molecule has 0 saturated carbocycles. The Balaban J connectivity index is 1.74. The molecule has 2 heterocycles. The predicted molar refractivity (Wildman–Crippen MR) is 74.4 cm³/mol. The molecule has 2 rings (SSSR count). The van der Waals surface area contributed by atoms with Crippen molar-refractivity contribution in [1.29, 1.82) is 0 Å². The number of carbonyl (C=O) groups excluding carboxylic acids is 1. The molecule has 1 fully saturated rings. The van der Waals surface area contributed by atoms with E-state index in [0.29, 0.717) is 12.3 Å². The number of carbonyl (C=O) groups is 2. The van der Waals surface area contributed by atoms with Gasteiger partial charge in [-0.1, -0.05) is 6.07 Å². The molecule has 0 radical (unpaired) electrons. The molecule has 0 aliphatic carbocycles. The minimum atomic E-state index is -1.01. The number of aliphatic carboxylic acids is 1. The van der Waals surface area contributed by atoms with Crippen LogP contribution in [0.5, 0.6) is 0 Å². The van der Waals surface area contributed by atoms with Gasteiger partial charge in [-0.2, -0.15) is 0 Å². The van der Waals surface area contributed by atoms with Gasteiger partial charge in [0, 0.05) is 17.2 Å². The van der Waals surface area contributed by atoms with Crippen LogP contribution in [0.15, 0.2) is 17.5 Å². The lowest BCUT2D eigenvalue weighted by Crippen LogP contribution is -2.49. The number of nitrogens with zero attached hydrogens (tertiary/aromatic N) is 1. The lowest BCUT2D eigenvalue weighted by Gasteiger charge is -2.30. The number of carboxylic acid groups (broad SMARTS) is 1. The minimum Gasteiger partial charge on any atom is -0.479 e. The second kappa shape index (κ2) is 6.93. The van der Waals surface area contributed by atoms with E-state index in [-0.39, 0.29) is 19.1 Å². The lowest BCUT2D eigenvalue weighted by molar-refractivity contribution is -0.158. The van der Waals surface area contributed by atoms with Crippen molar-refractivity contribution in [2.45, 2.75) is 11.9 Å². The van der Waals surface area contributed by atoms with E-state index in [2.05, 4.69) is 0 Å². The van der Waals surface area contributed by atoms with Crippen LogP contribution in [0.2, 0.25) is 0 Å². The third-order valence-corrected chi connectivity index (χ3v) is 4.77. The number of amides is 1. The maximum Gasteiger partial charge on any atom is 0.334 e. The maximum atomic E-state index is 12.0.